The highest BCUT2D eigenvalue weighted by Gasteiger charge is 2.10. The fourth-order valence-electron chi connectivity index (χ4n) is 1.62. The molecule has 0 saturated heterocycles. The van der Waals surface area contributed by atoms with Crippen molar-refractivity contribution in [1.82, 2.24) is 4.98 Å². The van der Waals surface area contributed by atoms with E-state index in [9.17, 15) is 4.39 Å². The van der Waals surface area contributed by atoms with Crippen LogP contribution in [-0.4, -0.2) is 4.98 Å². The molecule has 2 aromatic rings. The fraction of sp³-hybridized carbons (Fsp3) is 0.308. The maximum Gasteiger partial charge on any atom is 0.140 e. The van der Waals surface area contributed by atoms with Crippen LogP contribution in [0.15, 0.2) is 23.6 Å². The van der Waals surface area contributed by atoms with Crippen LogP contribution in [-0.2, 0) is 6.61 Å². The lowest BCUT2D eigenvalue weighted by Crippen LogP contribution is -2.08. The van der Waals surface area contributed by atoms with Gasteiger partial charge in [-0.15, -0.1) is 11.3 Å². The van der Waals surface area contributed by atoms with Crippen molar-refractivity contribution in [3.8, 4) is 5.75 Å². The van der Waals surface area contributed by atoms with Crippen molar-refractivity contribution in [3.05, 3.63) is 45.7 Å². The largest absolute Gasteiger partial charge is 0.486 e. The SMILES string of the molecule is Cc1csc(COc2ccc(F)cc2C(C)N)n1. The minimum absolute atomic E-state index is 0.270. The van der Waals surface area contributed by atoms with E-state index in [0.29, 0.717) is 17.9 Å². The highest BCUT2D eigenvalue weighted by atomic mass is 32.1. The van der Waals surface area contributed by atoms with Crippen molar-refractivity contribution in [3.63, 3.8) is 0 Å². The van der Waals surface area contributed by atoms with Crippen LogP contribution in [0.2, 0.25) is 0 Å². The van der Waals surface area contributed by atoms with Gasteiger partial charge in [-0.05, 0) is 32.0 Å². The molecule has 96 valence electrons. The minimum Gasteiger partial charge on any atom is -0.486 e. The molecule has 1 aromatic carbocycles. The molecule has 18 heavy (non-hydrogen) atoms. The normalized spacial score (nSPS) is 12.4. The predicted octanol–water partition coefficient (Wildman–Crippen LogP) is 3.19. The van der Waals surface area contributed by atoms with E-state index in [1.54, 1.807) is 24.3 Å². The predicted molar refractivity (Wildman–Crippen MR) is 70.2 cm³/mol. The number of ether oxygens (including phenoxy) is 1. The summed E-state index contributed by atoms with van der Waals surface area (Å²) in [7, 11) is 0. The summed E-state index contributed by atoms with van der Waals surface area (Å²) in [6.07, 6.45) is 0. The van der Waals surface area contributed by atoms with E-state index in [0.717, 1.165) is 10.7 Å². The molecule has 1 heterocycles. The maximum absolute atomic E-state index is 13.2. The molecular weight excluding hydrogens is 251 g/mol. The number of halogens is 1. The number of aryl methyl sites for hydroxylation is 1. The van der Waals surface area contributed by atoms with Gasteiger partial charge in [0.15, 0.2) is 0 Å². The third kappa shape index (κ3) is 3.05. The van der Waals surface area contributed by atoms with Gasteiger partial charge in [-0.1, -0.05) is 0 Å². The molecule has 1 aromatic heterocycles. The molecule has 1 unspecified atom stereocenters. The Kier molecular flexibility index (Phi) is 3.93. The Hall–Kier alpha value is -1.46. The second-order valence-corrected chi connectivity index (χ2v) is 5.08. The van der Waals surface area contributed by atoms with Gasteiger partial charge in [0.2, 0.25) is 0 Å². The van der Waals surface area contributed by atoms with Crippen LogP contribution in [0.4, 0.5) is 4.39 Å². The first-order valence-corrected chi connectivity index (χ1v) is 6.53. The Morgan fingerprint density at radius 1 is 1.50 bits per heavy atom. The lowest BCUT2D eigenvalue weighted by atomic mass is 10.1. The van der Waals surface area contributed by atoms with Crippen LogP contribution in [0.5, 0.6) is 5.75 Å². The van der Waals surface area contributed by atoms with Gasteiger partial charge >= 0.3 is 0 Å². The van der Waals surface area contributed by atoms with Gasteiger partial charge in [-0.3, -0.25) is 0 Å². The molecule has 0 fully saturated rings. The Balaban J connectivity index is 2.13. The highest BCUT2D eigenvalue weighted by Crippen LogP contribution is 2.25. The molecule has 1 atom stereocenters. The Morgan fingerprint density at radius 3 is 2.89 bits per heavy atom. The molecule has 0 bridgehead atoms. The Labute approximate surface area is 109 Å². The van der Waals surface area contributed by atoms with E-state index in [2.05, 4.69) is 4.98 Å². The van der Waals surface area contributed by atoms with E-state index in [4.69, 9.17) is 10.5 Å². The molecule has 0 amide bonds. The van der Waals surface area contributed by atoms with Crippen LogP contribution in [0.3, 0.4) is 0 Å². The highest BCUT2D eigenvalue weighted by molar-refractivity contribution is 7.09. The number of thiazole rings is 1. The van der Waals surface area contributed by atoms with Crippen LogP contribution < -0.4 is 10.5 Å². The summed E-state index contributed by atoms with van der Waals surface area (Å²) in [6.45, 7) is 4.12. The summed E-state index contributed by atoms with van der Waals surface area (Å²) >= 11 is 1.54. The Morgan fingerprint density at radius 2 is 2.28 bits per heavy atom. The van der Waals surface area contributed by atoms with Gasteiger partial charge in [0, 0.05) is 22.7 Å². The molecular formula is C13H15FN2OS. The maximum atomic E-state index is 13.2. The number of rotatable bonds is 4. The molecule has 3 nitrogen and oxygen atoms in total. The topological polar surface area (TPSA) is 48.1 Å². The van der Waals surface area contributed by atoms with E-state index in [1.807, 2.05) is 12.3 Å². The first-order chi connectivity index (χ1) is 8.56. The first kappa shape index (κ1) is 13.0. The zero-order valence-electron chi connectivity index (χ0n) is 10.3. The number of nitrogens with two attached hydrogens (primary N) is 1. The summed E-state index contributed by atoms with van der Waals surface area (Å²) < 4.78 is 18.8. The smallest absolute Gasteiger partial charge is 0.140 e. The molecule has 0 spiro atoms. The van der Waals surface area contributed by atoms with Gasteiger partial charge in [0.25, 0.3) is 0 Å². The van der Waals surface area contributed by atoms with Crippen molar-refractivity contribution in [2.24, 2.45) is 5.73 Å². The van der Waals surface area contributed by atoms with Crippen molar-refractivity contribution in [2.75, 3.05) is 0 Å². The van der Waals surface area contributed by atoms with E-state index >= 15 is 0 Å². The summed E-state index contributed by atoms with van der Waals surface area (Å²) in [5.41, 5.74) is 7.44. The van der Waals surface area contributed by atoms with Crippen LogP contribution >= 0.6 is 11.3 Å². The van der Waals surface area contributed by atoms with Crippen LogP contribution in [0.1, 0.15) is 29.2 Å². The number of hydrogen-bond donors (Lipinski definition) is 1. The van der Waals surface area contributed by atoms with Crippen molar-refractivity contribution >= 4 is 11.3 Å². The monoisotopic (exact) mass is 266 g/mol. The zero-order chi connectivity index (χ0) is 13.1. The van der Waals surface area contributed by atoms with Gasteiger partial charge < -0.3 is 10.5 Å². The second-order valence-electron chi connectivity index (χ2n) is 4.14. The molecule has 0 aliphatic carbocycles. The summed E-state index contributed by atoms with van der Waals surface area (Å²) in [4.78, 5) is 4.31. The van der Waals surface area contributed by atoms with Gasteiger partial charge in [-0.2, -0.15) is 0 Å². The Bertz CT molecular complexity index is 540. The average molecular weight is 266 g/mol. The molecule has 2 rings (SSSR count). The number of benzene rings is 1. The van der Waals surface area contributed by atoms with E-state index in [1.165, 1.54) is 12.1 Å². The standard InChI is InChI=1S/C13H15FN2OS/c1-8-7-18-13(16-8)6-17-12-4-3-10(14)5-11(12)9(2)15/h3-5,7,9H,6,15H2,1-2H3. The van der Waals surface area contributed by atoms with E-state index in [-0.39, 0.29) is 11.9 Å². The quantitative estimate of drug-likeness (QED) is 0.924. The third-order valence-electron chi connectivity index (χ3n) is 2.48. The lowest BCUT2D eigenvalue weighted by molar-refractivity contribution is 0.300. The summed E-state index contributed by atoms with van der Waals surface area (Å²) in [5.74, 6) is 0.305. The third-order valence-corrected chi connectivity index (χ3v) is 3.42. The van der Waals surface area contributed by atoms with Crippen LogP contribution in [0.25, 0.3) is 0 Å². The van der Waals surface area contributed by atoms with Gasteiger partial charge in [0.1, 0.15) is 23.2 Å². The number of aromatic nitrogens is 1. The lowest BCUT2D eigenvalue weighted by Gasteiger charge is -2.13. The fourth-order valence-corrected chi connectivity index (χ4v) is 2.30. The number of hydrogen-bond acceptors (Lipinski definition) is 4. The zero-order valence-corrected chi connectivity index (χ0v) is 11.1. The molecule has 0 aliphatic rings. The van der Waals surface area contributed by atoms with Crippen LogP contribution in [0, 0.1) is 12.7 Å². The van der Waals surface area contributed by atoms with E-state index < -0.39 is 0 Å². The molecule has 5 heteroatoms. The molecule has 0 radical (unpaired) electrons. The summed E-state index contributed by atoms with van der Waals surface area (Å²) in [5, 5.41) is 2.86. The number of nitrogens with zero attached hydrogens (tertiary/aromatic N) is 1. The van der Waals surface area contributed by atoms with Crippen molar-refractivity contribution in [2.45, 2.75) is 26.5 Å². The second kappa shape index (κ2) is 5.46. The van der Waals surface area contributed by atoms with Crippen molar-refractivity contribution < 1.29 is 9.13 Å². The summed E-state index contributed by atoms with van der Waals surface area (Å²) in [6, 6.07) is 4.12. The molecule has 0 saturated carbocycles. The van der Waals surface area contributed by atoms with Gasteiger partial charge in [0.05, 0.1) is 0 Å². The minimum atomic E-state index is -0.306. The molecule has 2 N–H and O–H groups in total. The average Bonchev–Trinajstić information content (AvgIpc) is 2.73. The molecule has 0 aliphatic heterocycles. The van der Waals surface area contributed by atoms with Gasteiger partial charge in [-0.25, -0.2) is 9.37 Å². The van der Waals surface area contributed by atoms with Crippen molar-refractivity contribution in [1.29, 1.82) is 0 Å². The first-order valence-electron chi connectivity index (χ1n) is 5.65.